The van der Waals surface area contributed by atoms with Crippen molar-refractivity contribution < 1.29 is 23.5 Å². The van der Waals surface area contributed by atoms with Crippen molar-refractivity contribution >= 4 is 20.2 Å². The quantitative estimate of drug-likeness (QED) is 0.460. The summed E-state index contributed by atoms with van der Waals surface area (Å²) in [6.45, 7) is 10.8. The Morgan fingerprint density at radius 3 is 2.43 bits per heavy atom. The highest BCUT2D eigenvalue weighted by molar-refractivity contribution is 6.69. The van der Waals surface area contributed by atoms with Crippen LogP contribution in [0.25, 0.3) is 0 Å². The smallest absolute Gasteiger partial charge is 0.314 e. The highest BCUT2D eigenvalue weighted by Crippen LogP contribution is 2.44. The van der Waals surface area contributed by atoms with E-state index < -0.39 is 32.4 Å². The Morgan fingerprint density at radius 1 is 1.18 bits per heavy atom. The maximum absolute atomic E-state index is 13.4. The van der Waals surface area contributed by atoms with E-state index in [1.165, 1.54) is 0 Å². The van der Waals surface area contributed by atoms with Gasteiger partial charge in [0.15, 0.2) is 8.32 Å². The van der Waals surface area contributed by atoms with Gasteiger partial charge in [0.2, 0.25) is 0 Å². The molecule has 1 saturated heterocycles. The number of hydrogen-bond acceptors (Lipinski definition) is 5. The van der Waals surface area contributed by atoms with Gasteiger partial charge in [0, 0.05) is 12.1 Å². The largest absolute Gasteiger partial charge is 0.496 e. The molecule has 0 bridgehead atoms. The maximum atomic E-state index is 13.4. The van der Waals surface area contributed by atoms with E-state index in [9.17, 15) is 9.59 Å². The zero-order valence-electron chi connectivity index (χ0n) is 17.9. The van der Waals surface area contributed by atoms with E-state index in [4.69, 9.17) is 13.9 Å². The summed E-state index contributed by atoms with van der Waals surface area (Å²) in [6.07, 6.45) is 0.982. The minimum absolute atomic E-state index is 0.134. The van der Waals surface area contributed by atoms with Crippen molar-refractivity contribution in [3.8, 4) is 5.75 Å². The monoisotopic (exact) mass is 407 g/mol. The van der Waals surface area contributed by atoms with Gasteiger partial charge < -0.3 is 18.8 Å². The fourth-order valence-electron chi connectivity index (χ4n) is 3.66. The van der Waals surface area contributed by atoms with E-state index in [2.05, 4.69) is 6.92 Å². The lowest BCUT2D eigenvalue weighted by atomic mass is 9.91. The number of benzene rings is 1. The number of esters is 1. The summed E-state index contributed by atoms with van der Waals surface area (Å²) in [4.78, 5) is 28.1. The van der Waals surface area contributed by atoms with E-state index >= 15 is 0 Å². The molecule has 1 aliphatic heterocycles. The third-order valence-corrected chi connectivity index (χ3v) is 5.74. The number of likely N-dealkylation sites (tertiary alicyclic amines) is 1. The third-order valence-electron chi connectivity index (χ3n) is 4.78. The van der Waals surface area contributed by atoms with E-state index in [1.54, 1.807) is 18.9 Å². The van der Waals surface area contributed by atoms with Gasteiger partial charge >= 0.3 is 5.97 Å². The van der Waals surface area contributed by atoms with Gasteiger partial charge in [0.25, 0.3) is 5.91 Å². The van der Waals surface area contributed by atoms with Crippen LogP contribution in [0.2, 0.25) is 19.6 Å². The number of rotatable bonds is 9. The molecule has 3 atom stereocenters. The number of carbonyl (C=O) groups excluding carboxylic acids is 2. The first-order valence-electron chi connectivity index (χ1n) is 10.0. The molecule has 6 nitrogen and oxygen atoms in total. The standard InChI is InChI=1S/C21H33NO5Si/c1-7-9-14-22-18(15-12-10-11-13-16(15)25-3)17(21(24)26-8-2)19(20(22)23)27-28(4,5)6/h10-13,17-19H,7-9,14H2,1-6H3. The minimum atomic E-state index is -2.07. The van der Waals surface area contributed by atoms with Gasteiger partial charge in [0.05, 0.1) is 19.8 Å². The second-order valence-electron chi connectivity index (χ2n) is 8.00. The van der Waals surface area contributed by atoms with Crippen LogP contribution in [0.4, 0.5) is 0 Å². The van der Waals surface area contributed by atoms with Crippen molar-refractivity contribution in [1.29, 1.82) is 0 Å². The zero-order valence-corrected chi connectivity index (χ0v) is 18.9. The van der Waals surface area contributed by atoms with Crippen LogP contribution in [0.1, 0.15) is 38.3 Å². The van der Waals surface area contributed by atoms with E-state index in [-0.39, 0.29) is 12.5 Å². The molecule has 1 aromatic rings. The van der Waals surface area contributed by atoms with Gasteiger partial charge in [-0.3, -0.25) is 9.59 Å². The third kappa shape index (κ3) is 4.94. The molecule has 0 N–H and O–H groups in total. The first kappa shape index (κ1) is 22.4. The fourth-order valence-corrected chi connectivity index (χ4v) is 4.67. The molecule has 0 saturated carbocycles. The highest BCUT2D eigenvalue weighted by Gasteiger charge is 2.55. The Kier molecular flexibility index (Phi) is 7.66. The zero-order chi connectivity index (χ0) is 20.9. The number of ether oxygens (including phenoxy) is 2. The number of hydrogen-bond donors (Lipinski definition) is 0. The highest BCUT2D eigenvalue weighted by atomic mass is 28.4. The van der Waals surface area contributed by atoms with Crippen LogP contribution in [0.5, 0.6) is 5.75 Å². The van der Waals surface area contributed by atoms with Crippen molar-refractivity contribution in [3.05, 3.63) is 29.8 Å². The van der Waals surface area contributed by atoms with Gasteiger partial charge in [-0.05, 0) is 39.1 Å². The van der Waals surface area contributed by atoms with Crippen molar-refractivity contribution in [2.24, 2.45) is 5.92 Å². The van der Waals surface area contributed by atoms with Crippen LogP contribution >= 0.6 is 0 Å². The van der Waals surface area contributed by atoms with Gasteiger partial charge in [0.1, 0.15) is 17.8 Å². The number of methoxy groups -OCH3 is 1. The molecule has 1 amide bonds. The molecule has 1 aromatic carbocycles. The summed E-state index contributed by atoms with van der Waals surface area (Å²) >= 11 is 0. The van der Waals surface area contributed by atoms with E-state index in [0.717, 1.165) is 18.4 Å². The molecular weight excluding hydrogens is 374 g/mol. The molecule has 3 unspecified atom stereocenters. The first-order valence-corrected chi connectivity index (χ1v) is 13.4. The summed E-state index contributed by atoms with van der Waals surface area (Å²) in [5.41, 5.74) is 0.814. The normalized spacial score (nSPS) is 22.4. The summed E-state index contributed by atoms with van der Waals surface area (Å²) in [6, 6.07) is 7.08. The summed E-state index contributed by atoms with van der Waals surface area (Å²) in [7, 11) is -0.476. The number of amides is 1. The van der Waals surface area contributed by atoms with Gasteiger partial charge in [-0.15, -0.1) is 0 Å². The van der Waals surface area contributed by atoms with Gasteiger partial charge in [-0.25, -0.2) is 0 Å². The van der Waals surface area contributed by atoms with Gasteiger partial charge in [-0.1, -0.05) is 31.5 Å². The average molecular weight is 408 g/mol. The molecule has 0 spiro atoms. The lowest BCUT2D eigenvalue weighted by Gasteiger charge is -2.29. The van der Waals surface area contributed by atoms with Crippen LogP contribution in [0.3, 0.4) is 0 Å². The van der Waals surface area contributed by atoms with Crippen LogP contribution in [0, 0.1) is 5.92 Å². The summed E-state index contributed by atoms with van der Waals surface area (Å²) in [5, 5.41) is 0. The van der Waals surface area contributed by atoms with Crippen molar-refractivity contribution in [2.45, 2.75) is 58.5 Å². The second-order valence-corrected chi connectivity index (χ2v) is 12.5. The number of unbranched alkanes of at least 4 members (excludes halogenated alkanes) is 1. The Hall–Kier alpha value is -1.86. The fraction of sp³-hybridized carbons (Fsp3) is 0.619. The summed E-state index contributed by atoms with van der Waals surface area (Å²) in [5.74, 6) is -0.587. The molecule has 1 heterocycles. The molecule has 7 heteroatoms. The SMILES string of the molecule is CCCCN1C(=O)C(O[Si](C)(C)C)C(C(=O)OCC)C1c1ccccc1OC. The Balaban J connectivity index is 2.57. The van der Waals surface area contributed by atoms with Crippen molar-refractivity contribution in [1.82, 2.24) is 4.90 Å². The van der Waals surface area contributed by atoms with E-state index in [0.29, 0.717) is 12.3 Å². The van der Waals surface area contributed by atoms with Crippen LogP contribution < -0.4 is 4.74 Å². The molecule has 1 aliphatic rings. The van der Waals surface area contributed by atoms with Crippen LogP contribution in [0.15, 0.2) is 24.3 Å². The van der Waals surface area contributed by atoms with Crippen LogP contribution in [-0.2, 0) is 18.8 Å². The van der Waals surface area contributed by atoms with Crippen molar-refractivity contribution in [3.63, 3.8) is 0 Å². The molecular formula is C21H33NO5Si. The second kappa shape index (κ2) is 9.56. The Labute approximate surface area is 169 Å². The molecule has 1 fully saturated rings. The predicted molar refractivity (Wildman–Crippen MR) is 111 cm³/mol. The number of carbonyl (C=O) groups is 2. The number of para-hydroxylation sites is 1. The predicted octanol–water partition coefficient (Wildman–Crippen LogP) is 3.78. The topological polar surface area (TPSA) is 65.1 Å². The lowest BCUT2D eigenvalue weighted by Crippen LogP contribution is -2.42. The lowest BCUT2D eigenvalue weighted by molar-refractivity contribution is -0.152. The maximum Gasteiger partial charge on any atom is 0.314 e. The Bertz CT molecular complexity index is 688. The summed E-state index contributed by atoms with van der Waals surface area (Å²) < 4.78 is 17.2. The number of nitrogens with zero attached hydrogens (tertiary/aromatic N) is 1. The Morgan fingerprint density at radius 2 is 1.86 bits per heavy atom. The van der Waals surface area contributed by atoms with Crippen molar-refractivity contribution in [2.75, 3.05) is 20.3 Å². The first-order chi connectivity index (χ1) is 13.2. The molecule has 0 aliphatic carbocycles. The molecule has 0 aromatic heterocycles. The molecule has 2 rings (SSSR count). The average Bonchev–Trinajstić information content (AvgIpc) is 2.90. The molecule has 0 radical (unpaired) electrons. The van der Waals surface area contributed by atoms with E-state index in [1.807, 2.05) is 43.9 Å². The van der Waals surface area contributed by atoms with Crippen LogP contribution in [-0.4, -0.2) is 51.5 Å². The minimum Gasteiger partial charge on any atom is -0.496 e. The van der Waals surface area contributed by atoms with Gasteiger partial charge in [-0.2, -0.15) is 0 Å². The molecule has 156 valence electrons. The molecule has 28 heavy (non-hydrogen) atoms.